The van der Waals surface area contributed by atoms with Crippen LogP contribution in [-0.2, 0) is 11.2 Å². The summed E-state index contributed by atoms with van der Waals surface area (Å²) < 4.78 is 19.0. The van der Waals surface area contributed by atoms with Crippen molar-refractivity contribution in [2.24, 2.45) is 5.92 Å². The van der Waals surface area contributed by atoms with Crippen LogP contribution in [-0.4, -0.2) is 26.3 Å². The van der Waals surface area contributed by atoms with Crippen LogP contribution in [0.4, 0.5) is 4.39 Å². The highest BCUT2D eigenvalue weighted by Gasteiger charge is 2.20. The lowest BCUT2D eigenvalue weighted by atomic mass is 9.94. The Morgan fingerprint density at radius 2 is 2.39 bits per heavy atom. The fourth-order valence-corrected chi connectivity index (χ4v) is 2.63. The number of nitrogens with one attached hydrogen (secondary N) is 1. The van der Waals surface area contributed by atoms with Crippen molar-refractivity contribution in [2.75, 3.05) is 20.3 Å². The van der Waals surface area contributed by atoms with Crippen molar-refractivity contribution in [1.29, 1.82) is 0 Å². The second kappa shape index (κ2) is 6.50. The maximum absolute atomic E-state index is 13.7. The number of likely N-dealkylation sites (N-methyl/N-ethyl adjacent to an activating group) is 1. The van der Waals surface area contributed by atoms with Crippen molar-refractivity contribution < 1.29 is 9.13 Å². The maximum Gasteiger partial charge on any atom is 0.126 e. The van der Waals surface area contributed by atoms with Gasteiger partial charge in [0.25, 0.3) is 0 Å². The van der Waals surface area contributed by atoms with E-state index in [9.17, 15) is 4.39 Å². The lowest BCUT2D eigenvalue weighted by Crippen LogP contribution is -2.30. The number of rotatable bonds is 5. The van der Waals surface area contributed by atoms with Gasteiger partial charge in [-0.2, -0.15) is 0 Å². The highest BCUT2D eigenvalue weighted by atomic mass is 35.5. The lowest BCUT2D eigenvalue weighted by Gasteiger charge is -2.19. The molecule has 2 atom stereocenters. The van der Waals surface area contributed by atoms with E-state index in [4.69, 9.17) is 16.3 Å². The number of hydrogen-bond donors (Lipinski definition) is 1. The molecule has 1 heterocycles. The van der Waals surface area contributed by atoms with Crippen LogP contribution in [0.2, 0.25) is 5.02 Å². The first-order valence-electron chi connectivity index (χ1n) is 6.38. The summed E-state index contributed by atoms with van der Waals surface area (Å²) in [5, 5.41) is 3.85. The van der Waals surface area contributed by atoms with Gasteiger partial charge in [-0.05, 0) is 56.0 Å². The molecule has 0 saturated carbocycles. The predicted molar refractivity (Wildman–Crippen MR) is 71.5 cm³/mol. The van der Waals surface area contributed by atoms with E-state index in [1.807, 2.05) is 7.05 Å². The maximum atomic E-state index is 13.7. The van der Waals surface area contributed by atoms with E-state index in [0.717, 1.165) is 26.1 Å². The number of ether oxygens (including phenoxy) is 1. The van der Waals surface area contributed by atoms with Crippen molar-refractivity contribution in [3.05, 3.63) is 34.6 Å². The Labute approximate surface area is 112 Å². The molecule has 0 amide bonds. The average molecular weight is 272 g/mol. The van der Waals surface area contributed by atoms with E-state index < -0.39 is 0 Å². The third kappa shape index (κ3) is 3.67. The van der Waals surface area contributed by atoms with Crippen molar-refractivity contribution in [1.82, 2.24) is 5.32 Å². The monoisotopic (exact) mass is 271 g/mol. The summed E-state index contributed by atoms with van der Waals surface area (Å²) in [5.74, 6) is 0.409. The summed E-state index contributed by atoms with van der Waals surface area (Å²) in [7, 11) is 1.92. The fourth-order valence-electron chi connectivity index (χ4n) is 2.44. The second-order valence-electron chi connectivity index (χ2n) is 4.89. The fraction of sp³-hybridized carbons (Fsp3) is 0.571. The molecule has 1 aliphatic heterocycles. The quantitative estimate of drug-likeness (QED) is 0.889. The summed E-state index contributed by atoms with van der Waals surface area (Å²) in [4.78, 5) is 0. The minimum atomic E-state index is -0.178. The Kier molecular flexibility index (Phi) is 4.98. The Hall–Kier alpha value is -0.640. The zero-order valence-electron chi connectivity index (χ0n) is 10.6. The molecule has 1 N–H and O–H groups in total. The molecule has 1 saturated heterocycles. The van der Waals surface area contributed by atoms with Crippen LogP contribution >= 0.6 is 11.6 Å². The molecular weight excluding hydrogens is 253 g/mol. The third-order valence-corrected chi connectivity index (χ3v) is 3.76. The zero-order valence-corrected chi connectivity index (χ0v) is 11.3. The summed E-state index contributed by atoms with van der Waals surface area (Å²) in [6.07, 6.45) is 2.79. The Bertz CT molecular complexity index is 393. The van der Waals surface area contributed by atoms with Crippen LogP contribution in [0, 0.1) is 11.7 Å². The topological polar surface area (TPSA) is 21.3 Å². The SMILES string of the molecule is CNC(Cc1cc(Cl)ccc1F)CC1CCOC1. The molecule has 0 bridgehead atoms. The van der Waals surface area contributed by atoms with Gasteiger partial charge in [0, 0.05) is 24.3 Å². The molecule has 1 fully saturated rings. The van der Waals surface area contributed by atoms with E-state index in [-0.39, 0.29) is 11.9 Å². The first-order valence-corrected chi connectivity index (χ1v) is 6.75. The highest BCUT2D eigenvalue weighted by Crippen LogP contribution is 2.22. The normalized spacial score (nSPS) is 21.2. The number of halogens is 2. The lowest BCUT2D eigenvalue weighted by molar-refractivity contribution is 0.181. The van der Waals surface area contributed by atoms with Crippen LogP contribution in [0.3, 0.4) is 0 Å². The van der Waals surface area contributed by atoms with Crippen molar-refractivity contribution >= 4 is 11.6 Å². The van der Waals surface area contributed by atoms with Crippen molar-refractivity contribution in [3.8, 4) is 0 Å². The second-order valence-corrected chi connectivity index (χ2v) is 5.33. The van der Waals surface area contributed by atoms with Crippen LogP contribution in [0.25, 0.3) is 0 Å². The van der Waals surface area contributed by atoms with E-state index in [2.05, 4.69) is 5.32 Å². The Morgan fingerprint density at radius 3 is 3.06 bits per heavy atom. The van der Waals surface area contributed by atoms with E-state index in [1.165, 1.54) is 6.07 Å². The molecule has 0 aromatic heterocycles. The first-order chi connectivity index (χ1) is 8.69. The molecule has 1 aromatic rings. The van der Waals surface area contributed by atoms with Crippen LogP contribution < -0.4 is 5.32 Å². The molecule has 2 nitrogen and oxygen atoms in total. The van der Waals surface area contributed by atoms with Gasteiger partial charge in [0.2, 0.25) is 0 Å². The van der Waals surface area contributed by atoms with E-state index in [1.54, 1.807) is 12.1 Å². The van der Waals surface area contributed by atoms with Gasteiger partial charge in [-0.1, -0.05) is 11.6 Å². The molecule has 100 valence electrons. The molecule has 2 unspecified atom stereocenters. The Balaban J connectivity index is 1.98. The van der Waals surface area contributed by atoms with Gasteiger partial charge in [-0.15, -0.1) is 0 Å². The smallest absolute Gasteiger partial charge is 0.126 e. The molecule has 1 aliphatic rings. The summed E-state index contributed by atoms with van der Waals surface area (Å²) in [6, 6.07) is 5.00. The van der Waals surface area contributed by atoms with Gasteiger partial charge in [-0.25, -0.2) is 4.39 Å². The minimum absolute atomic E-state index is 0.178. The van der Waals surface area contributed by atoms with Gasteiger partial charge >= 0.3 is 0 Å². The van der Waals surface area contributed by atoms with Gasteiger partial charge in [0.05, 0.1) is 0 Å². The standard InChI is InChI=1S/C14H19ClFNO/c1-17-13(6-10-4-5-18-9-10)8-11-7-12(15)2-3-14(11)16/h2-3,7,10,13,17H,4-6,8-9H2,1H3. The van der Waals surface area contributed by atoms with Gasteiger partial charge in [0.15, 0.2) is 0 Å². The van der Waals surface area contributed by atoms with Crippen LogP contribution in [0.15, 0.2) is 18.2 Å². The van der Waals surface area contributed by atoms with Crippen LogP contribution in [0.1, 0.15) is 18.4 Å². The zero-order chi connectivity index (χ0) is 13.0. The molecule has 2 rings (SSSR count). The molecule has 1 aromatic carbocycles. The highest BCUT2D eigenvalue weighted by molar-refractivity contribution is 6.30. The summed E-state index contributed by atoms with van der Waals surface area (Å²) in [5.41, 5.74) is 0.681. The number of hydrogen-bond acceptors (Lipinski definition) is 2. The molecular formula is C14H19ClFNO. The minimum Gasteiger partial charge on any atom is -0.381 e. The van der Waals surface area contributed by atoms with Gasteiger partial charge in [0.1, 0.15) is 5.82 Å². The molecule has 0 aliphatic carbocycles. The summed E-state index contributed by atoms with van der Waals surface area (Å²) >= 11 is 5.91. The first kappa shape index (κ1) is 13.8. The largest absolute Gasteiger partial charge is 0.381 e. The third-order valence-electron chi connectivity index (χ3n) is 3.52. The van der Waals surface area contributed by atoms with Crippen molar-refractivity contribution in [3.63, 3.8) is 0 Å². The van der Waals surface area contributed by atoms with Crippen LogP contribution in [0.5, 0.6) is 0 Å². The molecule has 0 spiro atoms. The molecule has 18 heavy (non-hydrogen) atoms. The molecule has 0 radical (unpaired) electrons. The van der Waals surface area contributed by atoms with E-state index >= 15 is 0 Å². The Morgan fingerprint density at radius 1 is 1.56 bits per heavy atom. The predicted octanol–water partition coefficient (Wildman–Crippen LogP) is 3.04. The van der Waals surface area contributed by atoms with Gasteiger partial charge in [-0.3, -0.25) is 0 Å². The van der Waals surface area contributed by atoms with E-state index in [0.29, 0.717) is 22.9 Å². The van der Waals surface area contributed by atoms with Gasteiger partial charge < -0.3 is 10.1 Å². The van der Waals surface area contributed by atoms with Crippen molar-refractivity contribution in [2.45, 2.75) is 25.3 Å². The number of benzene rings is 1. The summed E-state index contributed by atoms with van der Waals surface area (Å²) in [6.45, 7) is 1.68. The molecule has 4 heteroatoms. The average Bonchev–Trinajstić information content (AvgIpc) is 2.85.